The molecule has 1 aromatic heterocycles. The van der Waals surface area contributed by atoms with Gasteiger partial charge in [-0.15, -0.1) is 0 Å². The van der Waals surface area contributed by atoms with Gasteiger partial charge in [-0.2, -0.15) is 0 Å². The lowest BCUT2D eigenvalue weighted by molar-refractivity contribution is 0.177. The Bertz CT molecular complexity index is 528. The van der Waals surface area contributed by atoms with Gasteiger partial charge in [-0.3, -0.25) is 4.98 Å². The second-order valence-corrected chi connectivity index (χ2v) is 5.55. The third-order valence-corrected chi connectivity index (χ3v) is 3.68. The summed E-state index contributed by atoms with van der Waals surface area (Å²) >= 11 is 0. The first kappa shape index (κ1) is 14.7. The first-order valence-electron chi connectivity index (χ1n) is 7.32. The lowest BCUT2D eigenvalue weighted by Crippen LogP contribution is -2.04. The largest absolute Gasteiger partial charge is 0.388 e. The third kappa shape index (κ3) is 3.67. The van der Waals surface area contributed by atoms with Crippen LogP contribution in [0.1, 0.15) is 55.2 Å². The van der Waals surface area contributed by atoms with E-state index in [0.717, 1.165) is 17.7 Å². The van der Waals surface area contributed by atoms with E-state index in [0.29, 0.717) is 12.3 Å². The molecule has 0 aliphatic heterocycles. The molecule has 0 aliphatic carbocycles. The fourth-order valence-corrected chi connectivity index (χ4v) is 2.20. The molecule has 0 spiro atoms. The molecule has 1 aromatic carbocycles. The summed E-state index contributed by atoms with van der Waals surface area (Å²) in [4.78, 5) is 4.40. The van der Waals surface area contributed by atoms with Crippen molar-refractivity contribution in [1.82, 2.24) is 4.98 Å². The monoisotopic (exact) mass is 269 g/mol. The molecule has 2 heteroatoms. The molecule has 1 heterocycles. The number of aliphatic hydroxyl groups is 1. The van der Waals surface area contributed by atoms with Gasteiger partial charge in [0.15, 0.2) is 0 Å². The molecule has 2 rings (SSSR count). The summed E-state index contributed by atoms with van der Waals surface area (Å²) in [5, 5.41) is 10.3. The standard InChI is InChI=1S/C18H23NO/c1-4-14-5-10-17(19-12-14)11-18(20)16-8-6-15(7-9-16)13(2)3/h5-10,12-13,18,20H,4,11H2,1-3H3. The second-order valence-electron chi connectivity index (χ2n) is 5.55. The number of aromatic nitrogens is 1. The van der Waals surface area contributed by atoms with E-state index in [9.17, 15) is 5.11 Å². The normalized spacial score (nSPS) is 12.7. The summed E-state index contributed by atoms with van der Waals surface area (Å²) in [6.07, 6.45) is 2.96. The molecular weight excluding hydrogens is 246 g/mol. The van der Waals surface area contributed by atoms with Crippen LogP contribution in [-0.2, 0) is 12.8 Å². The highest BCUT2D eigenvalue weighted by molar-refractivity contribution is 5.27. The van der Waals surface area contributed by atoms with E-state index in [2.05, 4.69) is 44.0 Å². The number of rotatable bonds is 5. The summed E-state index contributed by atoms with van der Waals surface area (Å²) < 4.78 is 0. The van der Waals surface area contributed by atoms with Crippen molar-refractivity contribution < 1.29 is 5.11 Å². The van der Waals surface area contributed by atoms with Gasteiger partial charge < -0.3 is 5.11 Å². The number of hydrogen-bond donors (Lipinski definition) is 1. The summed E-state index contributed by atoms with van der Waals surface area (Å²) in [5.74, 6) is 0.518. The van der Waals surface area contributed by atoms with E-state index in [1.54, 1.807) is 0 Å². The average molecular weight is 269 g/mol. The maximum Gasteiger partial charge on any atom is 0.0845 e. The van der Waals surface area contributed by atoms with Crippen LogP contribution in [-0.4, -0.2) is 10.1 Å². The molecule has 0 amide bonds. The fraction of sp³-hybridized carbons (Fsp3) is 0.389. The highest BCUT2D eigenvalue weighted by atomic mass is 16.3. The number of pyridine rings is 1. The highest BCUT2D eigenvalue weighted by Crippen LogP contribution is 2.21. The van der Waals surface area contributed by atoms with Gasteiger partial charge in [-0.1, -0.05) is 51.1 Å². The molecule has 0 bridgehead atoms. The van der Waals surface area contributed by atoms with Crippen molar-refractivity contribution in [2.45, 2.75) is 45.6 Å². The van der Waals surface area contributed by atoms with Crippen molar-refractivity contribution in [2.24, 2.45) is 0 Å². The summed E-state index contributed by atoms with van der Waals surface area (Å²) in [7, 11) is 0. The van der Waals surface area contributed by atoms with Gasteiger partial charge >= 0.3 is 0 Å². The lowest BCUT2D eigenvalue weighted by atomic mass is 9.98. The van der Waals surface area contributed by atoms with Crippen molar-refractivity contribution in [3.8, 4) is 0 Å². The Morgan fingerprint density at radius 1 is 1.00 bits per heavy atom. The lowest BCUT2D eigenvalue weighted by Gasteiger charge is -2.12. The maximum absolute atomic E-state index is 10.3. The zero-order chi connectivity index (χ0) is 14.5. The Morgan fingerprint density at radius 2 is 1.65 bits per heavy atom. The van der Waals surface area contributed by atoms with Crippen LogP contribution in [0.2, 0.25) is 0 Å². The van der Waals surface area contributed by atoms with Gasteiger partial charge in [0, 0.05) is 18.3 Å². The van der Waals surface area contributed by atoms with Crippen molar-refractivity contribution in [3.05, 3.63) is 65.0 Å². The minimum atomic E-state index is -0.490. The Balaban J connectivity index is 2.04. The molecule has 2 nitrogen and oxygen atoms in total. The predicted molar refractivity (Wildman–Crippen MR) is 82.8 cm³/mol. The maximum atomic E-state index is 10.3. The number of benzene rings is 1. The van der Waals surface area contributed by atoms with Gasteiger partial charge in [0.05, 0.1) is 6.10 Å². The first-order chi connectivity index (χ1) is 9.60. The van der Waals surface area contributed by atoms with Crippen molar-refractivity contribution in [3.63, 3.8) is 0 Å². The molecule has 2 aromatic rings. The number of nitrogens with zero attached hydrogens (tertiary/aromatic N) is 1. The highest BCUT2D eigenvalue weighted by Gasteiger charge is 2.10. The van der Waals surface area contributed by atoms with Crippen LogP contribution >= 0.6 is 0 Å². The Labute approximate surface area is 121 Å². The zero-order valence-electron chi connectivity index (χ0n) is 12.5. The molecule has 0 radical (unpaired) electrons. The van der Waals surface area contributed by atoms with Crippen LogP contribution in [0.3, 0.4) is 0 Å². The van der Waals surface area contributed by atoms with Gasteiger partial charge in [-0.25, -0.2) is 0 Å². The van der Waals surface area contributed by atoms with Crippen LogP contribution in [0.4, 0.5) is 0 Å². The van der Waals surface area contributed by atoms with Gasteiger partial charge in [0.1, 0.15) is 0 Å². The summed E-state index contributed by atoms with van der Waals surface area (Å²) in [6.45, 7) is 6.46. The summed E-state index contributed by atoms with van der Waals surface area (Å²) in [6, 6.07) is 12.3. The topological polar surface area (TPSA) is 33.1 Å². The Hall–Kier alpha value is -1.67. The molecule has 0 saturated heterocycles. The molecule has 20 heavy (non-hydrogen) atoms. The van der Waals surface area contributed by atoms with Crippen LogP contribution in [0.25, 0.3) is 0 Å². The number of aliphatic hydroxyl groups excluding tert-OH is 1. The van der Waals surface area contributed by atoms with Crippen molar-refractivity contribution in [1.29, 1.82) is 0 Å². The molecule has 106 valence electrons. The van der Waals surface area contributed by atoms with Gasteiger partial charge in [0.25, 0.3) is 0 Å². The summed E-state index contributed by atoms with van der Waals surface area (Å²) in [5.41, 5.74) is 4.41. The van der Waals surface area contributed by atoms with Gasteiger partial charge in [0.2, 0.25) is 0 Å². The van der Waals surface area contributed by atoms with Crippen molar-refractivity contribution in [2.75, 3.05) is 0 Å². The molecule has 0 aliphatic rings. The number of hydrogen-bond acceptors (Lipinski definition) is 2. The van der Waals surface area contributed by atoms with E-state index in [4.69, 9.17) is 0 Å². The molecule has 1 N–H and O–H groups in total. The number of aryl methyl sites for hydroxylation is 1. The van der Waals surface area contributed by atoms with Crippen LogP contribution in [0.15, 0.2) is 42.6 Å². The minimum Gasteiger partial charge on any atom is -0.388 e. The second kappa shape index (κ2) is 6.67. The Morgan fingerprint density at radius 3 is 2.15 bits per heavy atom. The van der Waals surface area contributed by atoms with E-state index in [1.807, 2.05) is 24.4 Å². The van der Waals surface area contributed by atoms with Crippen LogP contribution in [0.5, 0.6) is 0 Å². The van der Waals surface area contributed by atoms with Crippen LogP contribution in [0, 0.1) is 0 Å². The smallest absolute Gasteiger partial charge is 0.0845 e. The first-order valence-corrected chi connectivity index (χ1v) is 7.32. The average Bonchev–Trinajstić information content (AvgIpc) is 2.48. The molecule has 0 fully saturated rings. The molecular formula is C18H23NO. The van der Waals surface area contributed by atoms with E-state index < -0.39 is 6.10 Å². The van der Waals surface area contributed by atoms with E-state index in [1.165, 1.54) is 11.1 Å². The SMILES string of the molecule is CCc1ccc(CC(O)c2ccc(C(C)C)cc2)nc1. The molecule has 1 unspecified atom stereocenters. The molecule has 0 saturated carbocycles. The van der Waals surface area contributed by atoms with E-state index in [-0.39, 0.29) is 0 Å². The van der Waals surface area contributed by atoms with Crippen molar-refractivity contribution >= 4 is 0 Å². The quantitative estimate of drug-likeness (QED) is 0.888. The fourth-order valence-electron chi connectivity index (χ4n) is 2.20. The van der Waals surface area contributed by atoms with E-state index >= 15 is 0 Å². The Kier molecular flexibility index (Phi) is 4.91. The minimum absolute atomic E-state index is 0.490. The van der Waals surface area contributed by atoms with Gasteiger partial charge in [-0.05, 0) is 35.1 Å². The zero-order valence-corrected chi connectivity index (χ0v) is 12.5. The van der Waals surface area contributed by atoms with Crippen LogP contribution < -0.4 is 0 Å². The predicted octanol–water partition coefficient (Wildman–Crippen LogP) is 4.04. The third-order valence-electron chi connectivity index (χ3n) is 3.68. The molecule has 1 atom stereocenters.